The first kappa shape index (κ1) is 9.74. The molecule has 0 bridgehead atoms. The second-order valence-corrected chi connectivity index (χ2v) is 3.46. The molecule has 4 heteroatoms. The quantitative estimate of drug-likeness (QED) is 0.616. The first-order valence-corrected chi connectivity index (χ1v) is 4.93. The molecule has 0 atom stereocenters. The van der Waals surface area contributed by atoms with Gasteiger partial charge < -0.3 is 10.6 Å². The maximum absolute atomic E-state index is 5.06. The van der Waals surface area contributed by atoms with E-state index in [1.807, 2.05) is 6.92 Å². The highest BCUT2D eigenvalue weighted by Gasteiger charge is 2.24. The summed E-state index contributed by atoms with van der Waals surface area (Å²) >= 11 is 5.06. The van der Waals surface area contributed by atoms with Crippen LogP contribution in [0.5, 0.6) is 0 Å². The lowest BCUT2D eigenvalue weighted by Crippen LogP contribution is -2.60. The first-order chi connectivity index (χ1) is 5.76. The molecule has 1 rings (SSSR count). The summed E-state index contributed by atoms with van der Waals surface area (Å²) in [4.78, 5) is 2.38. The van der Waals surface area contributed by atoms with Crippen molar-refractivity contribution in [2.45, 2.75) is 19.9 Å². The number of nitrogens with zero attached hydrogens (tertiary/aromatic N) is 1. The fraction of sp³-hybridized carbons (Fsp3) is 0.875. The monoisotopic (exact) mass is 187 g/mol. The van der Waals surface area contributed by atoms with Gasteiger partial charge in [-0.15, -0.1) is 0 Å². The van der Waals surface area contributed by atoms with E-state index in [1.54, 1.807) is 0 Å². The van der Waals surface area contributed by atoms with E-state index >= 15 is 0 Å². The van der Waals surface area contributed by atoms with Crippen LogP contribution in [0.25, 0.3) is 0 Å². The van der Waals surface area contributed by atoms with E-state index in [4.69, 9.17) is 12.2 Å². The lowest BCUT2D eigenvalue weighted by Gasteiger charge is -2.39. The Bertz CT molecular complexity index is 154. The summed E-state index contributed by atoms with van der Waals surface area (Å²) < 4.78 is 0. The van der Waals surface area contributed by atoms with Crippen molar-refractivity contribution in [2.75, 3.05) is 26.2 Å². The predicted molar refractivity (Wildman–Crippen MR) is 55.3 cm³/mol. The molecule has 0 radical (unpaired) electrons. The summed E-state index contributed by atoms with van der Waals surface area (Å²) in [6.45, 7) is 8.53. The molecule has 0 amide bonds. The van der Waals surface area contributed by atoms with Crippen LogP contribution in [0.2, 0.25) is 0 Å². The van der Waals surface area contributed by atoms with E-state index in [2.05, 4.69) is 22.5 Å². The number of likely N-dealkylation sites (N-methyl/N-ethyl adjacent to an activating group) is 1. The molecular formula is C8H17N3S. The van der Waals surface area contributed by atoms with Crippen molar-refractivity contribution in [3.63, 3.8) is 0 Å². The van der Waals surface area contributed by atoms with Gasteiger partial charge in [-0.3, -0.25) is 4.90 Å². The van der Waals surface area contributed by atoms with Gasteiger partial charge in [0.1, 0.15) is 0 Å². The van der Waals surface area contributed by atoms with Gasteiger partial charge in [-0.2, -0.15) is 0 Å². The fourth-order valence-corrected chi connectivity index (χ4v) is 1.63. The minimum atomic E-state index is 0.566. The zero-order valence-corrected chi connectivity index (χ0v) is 8.58. The number of hydrogen-bond donors (Lipinski definition) is 2. The Balaban J connectivity index is 2.06. The van der Waals surface area contributed by atoms with Gasteiger partial charge in [0.05, 0.1) is 6.04 Å². The van der Waals surface area contributed by atoms with Gasteiger partial charge in [-0.05, 0) is 25.7 Å². The van der Waals surface area contributed by atoms with Crippen molar-refractivity contribution >= 4 is 17.3 Å². The topological polar surface area (TPSA) is 27.3 Å². The molecule has 0 spiro atoms. The number of rotatable bonds is 3. The van der Waals surface area contributed by atoms with Crippen molar-refractivity contribution < 1.29 is 0 Å². The Morgan fingerprint density at radius 2 is 2.17 bits per heavy atom. The molecule has 2 N–H and O–H groups in total. The Hall–Kier alpha value is -0.350. The lowest BCUT2D eigenvalue weighted by molar-refractivity contribution is 0.147. The SMILES string of the molecule is CCNC(=S)NC1CN(CC)C1. The minimum absolute atomic E-state index is 0.566. The van der Waals surface area contributed by atoms with Gasteiger partial charge in [0.25, 0.3) is 0 Å². The molecule has 0 aromatic carbocycles. The molecule has 1 saturated heterocycles. The molecule has 12 heavy (non-hydrogen) atoms. The number of thiocarbonyl (C=S) groups is 1. The van der Waals surface area contributed by atoms with Gasteiger partial charge in [0.15, 0.2) is 5.11 Å². The Labute approximate surface area is 79.5 Å². The van der Waals surface area contributed by atoms with Crippen LogP contribution in [0.1, 0.15) is 13.8 Å². The van der Waals surface area contributed by atoms with Crippen LogP contribution in [-0.4, -0.2) is 42.2 Å². The summed E-state index contributed by atoms with van der Waals surface area (Å²) in [5, 5.41) is 7.13. The minimum Gasteiger partial charge on any atom is -0.363 e. The Kier molecular flexibility index (Phi) is 3.75. The van der Waals surface area contributed by atoms with Crippen LogP contribution < -0.4 is 10.6 Å². The van der Waals surface area contributed by atoms with Gasteiger partial charge in [0.2, 0.25) is 0 Å². The van der Waals surface area contributed by atoms with E-state index in [0.717, 1.165) is 31.3 Å². The van der Waals surface area contributed by atoms with E-state index in [9.17, 15) is 0 Å². The summed E-state index contributed by atoms with van der Waals surface area (Å²) in [6.07, 6.45) is 0. The number of likely N-dealkylation sites (tertiary alicyclic amines) is 1. The van der Waals surface area contributed by atoms with E-state index in [0.29, 0.717) is 6.04 Å². The van der Waals surface area contributed by atoms with Gasteiger partial charge in [-0.1, -0.05) is 6.92 Å². The highest BCUT2D eigenvalue weighted by Crippen LogP contribution is 2.05. The van der Waals surface area contributed by atoms with E-state index in [1.165, 1.54) is 0 Å². The molecule has 0 aromatic heterocycles. The Morgan fingerprint density at radius 3 is 2.67 bits per heavy atom. The third kappa shape index (κ3) is 2.60. The zero-order valence-electron chi connectivity index (χ0n) is 7.76. The highest BCUT2D eigenvalue weighted by atomic mass is 32.1. The molecule has 1 aliphatic heterocycles. The first-order valence-electron chi connectivity index (χ1n) is 4.53. The average molecular weight is 187 g/mol. The average Bonchev–Trinajstić information content (AvgIpc) is 1.96. The second-order valence-electron chi connectivity index (χ2n) is 3.05. The molecule has 1 fully saturated rings. The van der Waals surface area contributed by atoms with Crippen LogP contribution in [-0.2, 0) is 0 Å². The molecular weight excluding hydrogens is 170 g/mol. The van der Waals surface area contributed by atoms with Crippen molar-refractivity contribution in [2.24, 2.45) is 0 Å². The fourth-order valence-electron chi connectivity index (χ4n) is 1.32. The zero-order chi connectivity index (χ0) is 8.97. The van der Waals surface area contributed by atoms with E-state index < -0.39 is 0 Å². The molecule has 0 aliphatic carbocycles. The van der Waals surface area contributed by atoms with Crippen molar-refractivity contribution in [3.8, 4) is 0 Å². The molecule has 3 nitrogen and oxygen atoms in total. The maximum Gasteiger partial charge on any atom is 0.166 e. The van der Waals surface area contributed by atoms with Crippen LogP contribution in [0.15, 0.2) is 0 Å². The summed E-state index contributed by atoms with van der Waals surface area (Å²) in [6, 6.07) is 0.566. The van der Waals surface area contributed by atoms with Crippen molar-refractivity contribution in [1.29, 1.82) is 0 Å². The second kappa shape index (κ2) is 4.62. The maximum atomic E-state index is 5.06. The number of nitrogens with one attached hydrogen (secondary N) is 2. The van der Waals surface area contributed by atoms with E-state index in [-0.39, 0.29) is 0 Å². The third-order valence-electron chi connectivity index (χ3n) is 2.08. The van der Waals surface area contributed by atoms with Crippen LogP contribution in [0, 0.1) is 0 Å². The molecule has 70 valence electrons. The van der Waals surface area contributed by atoms with Crippen molar-refractivity contribution in [3.05, 3.63) is 0 Å². The standard InChI is InChI=1S/C8H17N3S/c1-3-9-8(12)10-7-5-11(4-2)6-7/h7H,3-6H2,1-2H3,(H2,9,10,12). The summed E-state index contributed by atoms with van der Waals surface area (Å²) in [5.74, 6) is 0. The smallest absolute Gasteiger partial charge is 0.166 e. The largest absolute Gasteiger partial charge is 0.363 e. The predicted octanol–water partition coefficient (Wildman–Crippen LogP) is 0.174. The summed E-state index contributed by atoms with van der Waals surface area (Å²) in [5.41, 5.74) is 0. The van der Waals surface area contributed by atoms with Gasteiger partial charge in [-0.25, -0.2) is 0 Å². The Morgan fingerprint density at radius 1 is 1.50 bits per heavy atom. The molecule has 1 heterocycles. The molecule has 0 aromatic rings. The highest BCUT2D eigenvalue weighted by molar-refractivity contribution is 7.80. The molecule has 1 aliphatic rings. The number of hydrogen-bond acceptors (Lipinski definition) is 2. The lowest BCUT2D eigenvalue weighted by atomic mass is 10.1. The van der Waals surface area contributed by atoms with Crippen LogP contribution in [0.4, 0.5) is 0 Å². The third-order valence-corrected chi connectivity index (χ3v) is 2.34. The summed E-state index contributed by atoms with van der Waals surface area (Å²) in [7, 11) is 0. The van der Waals surface area contributed by atoms with Crippen LogP contribution >= 0.6 is 12.2 Å². The molecule has 0 unspecified atom stereocenters. The van der Waals surface area contributed by atoms with Crippen molar-refractivity contribution in [1.82, 2.24) is 15.5 Å². The van der Waals surface area contributed by atoms with Gasteiger partial charge >= 0.3 is 0 Å². The van der Waals surface area contributed by atoms with Crippen LogP contribution in [0.3, 0.4) is 0 Å². The normalized spacial score (nSPS) is 18.5. The molecule has 0 saturated carbocycles. The van der Waals surface area contributed by atoms with Gasteiger partial charge in [0, 0.05) is 19.6 Å².